The average molecular weight is 1010 g/mol. The van der Waals surface area contributed by atoms with E-state index in [1.54, 1.807) is 23.7 Å². The molecule has 2 saturated heterocycles. The Morgan fingerprint density at radius 2 is 1.65 bits per heavy atom. The maximum atomic E-state index is 14.1. The number of aliphatic hydroxyl groups is 2. The average Bonchev–Trinajstić information content (AvgIpc) is 3.99. The molecule has 18 heteroatoms. The maximum absolute atomic E-state index is 14.1. The van der Waals surface area contributed by atoms with Crippen molar-refractivity contribution in [3.63, 3.8) is 0 Å². The Bertz CT molecular complexity index is 2570. The summed E-state index contributed by atoms with van der Waals surface area (Å²) in [5.74, 6) is -0.874. The van der Waals surface area contributed by atoms with Crippen molar-refractivity contribution < 1.29 is 38.9 Å². The number of rotatable bonds is 17. The number of carbonyl (C=O) groups is 4. The molecular formula is C53H67ClN8O8S. The standard InChI is InChI=1S/C53H67ClN8O8S/c1-32(33-9-11-34(12-10-33)44-41(29-63)56-31-71-44)57-47(67)42-25-38(64)28-62(42)48(68)45(51(2,3)4)58-43(65)30-69-24-23-60-19-21-61(22-20-60)37-16-13-35(14-17-37)46(66)59-49-52(5,6)50(53(49,7)8)70-39-18-15-36(27-55)40(54)26-39/h9-18,26,31-32,38,42,45,49-50,63-64H,19-25,28-30H2,1-8H3,(H,57,67)(H,58,65)(H,59,66)/t32-,38+,42-,45+,49-,50-/m0/s1. The van der Waals surface area contributed by atoms with Crippen molar-refractivity contribution in [3.05, 3.63) is 99.6 Å². The number of hydrogen-bond donors (Lipinski definition) is 5. The number of anilines is 1. The number of thiazole rings is 1. The van der Waals surface area contributed by atoms with Crippen LogP contribution in [0.4, 0.5) is 5.69 Å². The van der Waals surface area contributed by atoms with Crippen LogP contribution in [-0.4, -0.2) is 131 Å². The van der Waals surface area contributed by atoms with Gasteiger partial charge in [-0.05, 0) is 59.9 Å². The van der Waals surface area contributed by atoms with E-state index < -0.39 is 47.4 Å². The van der Waals surface area contributed by atoms with Gasteiger partial charge in [0.05, 0.1) is 52.0 Å². The lowest BCUT2D eigenvalue weighted by Crippen LogP contribution is -2.74. The van der Waals surface area contributed by atoms with Gasteiger partial charge in [-0.3, -0.25) is 24.1 Å². The summed E-state index contributed by atoms with van der Waals surface area (Å²) >= 11 is 7.70. The summed E-state index contributed by atoms with van der Waals surface area (Å²) in [5, 5.41) is 39.0. The van der Waals surface area contributed by atoms with Crippen molar-refractivity contribution >= 4 is 52.3 Å². The lowest BCUT2D eigenvalue weighted by atomic mass is 9.49. The van der Waals surface area contributed by atoms with Gasteiger partial charge in [-0.1, -0.05) is 84.3 Å². The van der Waals surface area contributed by atoms with Gasteiger partial charge in [0.1, 0.15) is 36.6 Å². The molecule has 4 amide bonds. The highest BCUT2D eigenvalue weighted by Gasteiger charge is 2.64. The van der Waals surface area contributed by atoms with Crippen molar-refractivity contribution in [1.82, 2.24) is 30.7 Å². The predicted molar refractivity (Wildman–Crippen MR) is 273 cm³/mol. The zero-order valence-electron chi connectivity index (χ0n) is 41.8. The van der Waals surface area contributed by atoms with Crippen molar-refractivity contribution in [1.29, 1.82) is 5.26 Å². The Balaban J connectivity index is 0.832. The highest BCUT2D eigenvalue weighted by Crippen LogP contribution is 2.55. The summed E-state index contributed by atoms with van der Waals surface area (Å²) in [6, 6.07) is 19.9. The Kier molecular flexibility index (Phi) is 16.5. The van der Waals surface area contributed by atoms with E-state index in [1.807, 2.05) is 76.2 Å². The number of ether oxygens (including phenoxy) is 2. The van der Waals surface area contributed by atoms with E-state index in [2.05, 4.69) is 64.5 Å². The number of piperazine rings is 1. The monoisotopic (exact) mass is 1010 g/mol. The Morgan fingerprint density at radius 3 is 2.27 bits per heavy atom. The Labute approximate surface area is 425 Å². The number of nitrogens with one attached hydrogen (secondary N) is 3. The summed E-state index contributed by atoms with van der Waals surface area (Å²) in [5.41, 5.74) is 4.54. The smallest absolute Gasteiger partial charge is 0.251 e. The van der Waals surface area contributed by atoms with Gasteiger partial charge in [-0.25, -0.2) is 4.98 Å². The molecule has 0 unspecified atom stereocenters. The number of amides is 4. The van der Waals surface area contributed by atoms with Gasteiger partial charge in [0.15, 0.2) is 0 Å². The Hall–Kier alpha value is -5.61. The number of carbonyl (C=O) groups excluding carboxylic acids is 4. The van der Waals surface area contributed by atoms with Crippen LogP contribution in [0.3, 0.4) is 0 Å². The van der Waals surface area contributed by atoms with Crippen molar-refractivity contribution in [2.75, 3.05) is 57.4 Å². The molecular weight excluding hydrogens is 944 g/mol. The second-order valence-corrected chi connectivity index (χ2v) is 22.4. The first kappa shape index (κ1) is 53.2. The second-order valence-electron chi connectivity index (χ2n) is 21.1. The van der Waals surface area contributed by atoms with E-state index in [4.69, 9.17) is 21.1 Å². The van der Waals surface area contributed by atoms with Gasteiger partial charge in [0.2, 0.25) is 17.7 Å². The number of nitriles is 1. The molecule has 380 valence electrons. The largest absolute Gasteiger partial charge is 0.489 e. The third-order valence-corrected chi connectivity index (χ3v) is 15.4. The molecule has 16 nitrogen and oxygen atoms in total. The maximum Gasteiger partial charge on any atom is 0.251 e. The van der Waals surface area contributed by atoms with Crippen LogP contribution in [0.25, 0.3) is 10.4 Å². The molecule has 0 radical (unpaired) electrons. The SMILES string of the molecule is C[C@H](NC(=O)[C@@H]1C[C@@H](O)CN1C(=O)[C@@H](NC(=O)COCCN1CCN(c2ccc(C(=O)N[C@H]3C(C)(C)[C@H](Oc4ccc(C#N)c(Cl)c4)C3(C)C)cc2)CC1)C(C)(C)C)c1ccc(-c2scnc2CO)cc1. The van der Waals surface area contributed by atoms with Crippen LogP contribution in [-0.2, 0) is 25.7 Å². The van der Waals surface area contributed by atoms with Gasteiger partial charge in [-0.2, -0.15) is 5.26 Å². The summed E-state index contributed by atoms with van der Waals surface area (Å²) in [6.07, 6.45) is -1.03. The molecule has 3 aromatic carbocycles. The summed E-state index contributed by atoms with van der Waals surface area (Å²) < 4.78 is 12.2. The van der Waals surface area contributed by atoms with Gasteiger partial charge < -0.3 is 45.4 Å². The minimum absolute atomic E-state index is 0.0351. The lowest BCUT2D eigenvalue weighted by molar-refractivity contribution is -0.164. The number of halogens is 1. The van der Waals surface area contributed by atoms with Crippen LogP contribution in [0.15, 0.2) is 72.2 Å². The van der Waals surface area contributed by atoms with E-state index in [0.717, 1.165) is 47.9 Å². The lowest BCUT2D eigenvalue weighted by Gasteiger charge is -2.63. The minimum Gasteiger partial charge on any atom is -0.489 e. The van der Waals surface area contributed by atoms with Crippen molar-refractivity contribution in [3.8, 4) is 22.3 Å². The number of aromatic nitrogens is 1. The molecule has 3 fully saturated rings. The summed E-state index contributed by atoms with van der Waals surface area (Å²) in [4.78, 5) is 65.6. The Morgan fingerprint density at radius 1 is 0.972 bits per heavy atom. The molecule has 1 saturated carbocycles. The predicted octanol–water partition coefficient (Wildman–Crippen LogP) is 5.95. The highest BCUT2D eigenvalue weighted by atomic mass is 35.5. The molecule has 71 heavy (non-hydrogen) atoms. The molecule has 3 aliphatic rings. The van der Waals surface area contributed by atoms with Gasteiger partial charge in [0, 0.05) is 79.9 Å². The van der Waals surface area contributed by atoms with Crippen molar-refractivity contribution in [2.45, 2.75) is 105 Å². The molecule has 1 aliphatic carbocycles. The first-order valence-electron chi connectivity index (χ1n) is 24.2. The third-order valence-electron chi connectivity index (χ3n) is 14.2. The number of hydrogen-bond acceptors (Lipinski definition) is 13. The van der Waals surface area contributed by atoms with Crippen LogP contribution in [0.5, 0.6) is 5.75 Å². The third kappa shape index (κ3) is 12.0. The van der Waals surface area contributed by atoms with E-state index in [0.29, 0.717) is 40.7 Å². The molecule has 3 heterocycles. The molecule has 0 bridgehead atoms. The summed E-state index contributed by atoms with van der Waals surface area (Å²) in [6.45, 7) is 19.3. The molecule has 2 aliphatic heterocycles. The fourth-order valence-electron chi connectivity index (χ4n) is 10.5. The molecule has 1 aromatic heterocycles. The van der Waals surface area contributed by atoms with E-state index in [9.17, 15) is 34.7 Å². The van der Waals surface area contributed by atoms with Crippen LogP contribution in [0, 0.1) is 27.6 Å². The quantitative estimate of drug-likeness (QED) is 0.0778. The van der Waals surface area contributed by atoms with Crippen LogP contribution in [0.1, 0.15) is 95.0 Å². The molecule has 0 spiro atoms. The van der Waals surface area contributed by atoms with E-state index in [-0.39, 0.29) is 55.1 Å². The van der Waals surface area contributed by atoms with Gasteiger partial charge in [0.25, 0.3) is 5.91 Å². The van der Waals surface area contributed by atoms with Crippen molar-refractivity contribution in [2.24, 2.45) is 16.2 Å². The summed E-state index contributed by atoms with van der Waals surface area (Å²) in [7, 11) is 0. The molecule has 7 rings (SSSR count). The topological polar surface area (TPSA) is 210 Å². The molecule has 5 N–H and O–H groups in total. The molecule has 4 atom stereocenters. The molecule has 4 aromatic rings. The number of benzene rings is 3. The second kappa shape index (κ2) is 22.0. The number of β-amino-alcohol motifs (C(OH)–C–C–N with tert-alkyl or cyclic N) is 1. The number of likely N-dealkylation sites (tertiary alicyclic amines) is 1. The first-order valence-corrected chi connectivity index (χ1v) is 25.4. The number of nitrogens with zero attached hydrogens (tertiary/aromatic N) is 5. The normalized spacial score (nSPS) is 21.6. The zero-order valence-corrected chi connectivity index (χ0v) is 43.4. The zero-order chi connectivity index (χ0) is 51.4. The highest BCUT2D eigenvalue weighted by molar-refractivity contribution is 7.13. The van der Waals surface area contributed by atoms with Crippen LogP contribution >= 0.6 is 22.9 Å². The number of aliphatic hydroxyl groups excluding tert-OH is 2. The van der Waals surface area contributed by atoms with Crippen LogP contribution in [0.2, 0.25) is 5.02 Å². The van der Waals surface area contributed by atoms with Crippen LogP contribution < -0.4 is 25.6 Å². The minimum atomic E-state index is -0.978. The fourth-order valence-corrected chi connectivity index (χ4v) is 11.5. The fraction of sp³-hybridized carbons (Fsp3) is 0.509. The van der Waals surface area contributed by atoms with Gasteiger partial charge >= 0.3 is 0 Å². The first-order chi connectivity index (χ1) is 33.6. The van der Waals surface area contributed by atoms with Gasteiger partial charge in [-0.15, -0.1) is 11.3 Å². The van der Waals surface area contributed by atoms with E-state index in [1.165, 1.54) is 16.2 Å². The van der Waals surface area contributed by atoms with E-state index >= 15 is 0 Å².